The molecule has 3 rings (SSSR count). The summed E-state index contributed by atoms with van der Waals surface area (Å²) in [6.45, 7) is 5.08. The summed E-state index contributed by atoms with van der Waals surface area (Å²) >= 11 is 0.788. The minimum absolute atomic E-state index is 0.125. The fourth-order valence-corrected chi connectivity index (χ4v) is 5.00. The number of sulfonamides is 1. The Morgan fingerprint density at radius 3 is 2.78 bits per heavy atom. The van der Waals surface area contributed by atoms with E-state index >= 15 is 0 Å². The molecular weight excluding hydrogens is 392 g/mol. The zero-order chi connectivity index (χ0) is 19.8. The van der Waals surface area contributed by atoms with Crippen molar-refractivity contribution < 1.29 is 22.7 Å². The summed E-state index contributed by atoms with van der Waals surface area (Å²) in [7, 11) is -2.37. The summed E-state index contributed by atoms with van der Waals surface area (Å²) < 4.78 is 39.2. The molecule has 0 spiro atoms. The Labute approximate surface area is 161 Å². The summed E-state index contributed by atoms with van der Waals surface area (Å²) in [6.07, 6.45) is 0.433. The molecule has 0 saturated carbocycles. The number of ether oxygens (including phenoxy) is 2. The largest absolute Gasteiger partial charge is 0.497 e. The van der Waals surface area contributed by atoms with Crippen LogP contribution in [0.25, 0.3) is 0 Å². The predicted molar refractivity (Wildman–Crippen MR) is 99.6 cm³/mol. The number of hydrogen-bond donors (Lipinski definition) is 2. The van der Waals surface area contributed by atoms with Crippen molar-refractivity contribution in [2.45, 2.75) is 43.2 Å². The first-order valence-electron chi connectivity index (χ1n) is 8.10. The maximum absolute atomic E-state index is 12.8. The molecule has 1 aromatic carbocycles. The number of rotatable bonds is 5. The molecular formula is C16H20N4O5S2. The smallest absolute Gasteiger partial charge is 0.270 e. The van der Waals surface area contributed by atoms with Crippen LogP contribution in [0.2, 0.25) is 0 Å². The zero-order valence-corrected chi connectivity index (χ0v) is 16.9. The lowest BCUT2D eigenvalue weighted by Gasteiger charge is -2.37. The first kappa shape index (κ1) is 19.5. The van der Waals surface area contributed by atoms with E-state index < -0.39 is 21.7 Å². The van der Waals surface area contributed by atoms with Crippen molar-refractivity contribution in [3.63, 3.8) is 0 Å². The number of methoxy groups -OCH3 is 1. The summed E-state index contributed by atoms with van der Waals surface area (Å²) in [4.78, 5) is 11.1. The van der Waals surface area contributed by atoms with Crippen molar-refractivity contribution in [1.29, 1.82) is 0 Å². The molecule has 0 radical (unpaired) electrons. The van der Waals surface area contributed by atoms with E-state index in [1.807, 2.05) is 13.8 Å². The number of fused-ring (bicyclic) bond motifs is 1. The number of nitrogens with one attached hydrogen (secondary N) is 2. The standard InChI is InChI=1S/C16H20N4O5S2/c1-9(21)17-14-18-19-15(26-14)27(22,23)20-12-8-16(2,3)25-13-7-10(24-4)5-6-11(12)13/h5-7,12,20H,8H2,1-4H3,(H,17,18,21)/t12-/m1/s1. The van der Waals surface area contributed by atoms with Crippen LogP contribution < -0.4 is 19.5 Å². The molecule has 27 heavy (non-hydrogen) atoms. The highest BCUT2D eigenvalue weighted by molar-refractivity contribution is 7.91. The summed E-state index contributed by atoms with van der Waals surface area (Å²) in [5.41, 5.74) is 0.139. The van der Waals surface area contributed by atoms with E-state index in [4.69, 9.17) is 9.47 Å². The number of aromatic nitrogens is 2. The van der Waals surface area contributed by atoms with E-state index in [0.717, 1.165) is 11.3 Å². The van der Waals surface area contributed by atoms with Gasteiger partial charge in [0.25, 0.3) is 10.0 Å². The molecule has 11 heteroatoms. The first-order chi connectivity index (χ1) is 12.6. The molecule has 0 bridgehead atoms. The molecule has 1 atom stereocenters. The van der Waals surface area contributed by atoms with Gasteiger partial charge in [0, 0.05) is 25.0 Å². The number of anilines is 1. The van der Waals surface area contributed by atoms with Crippen LogP contribution >= 0.6 is 11.3 Å². The van der Waals surface area contributed by atoms with Gasteiger partial charge >= 0.3 is 0 Å². The number of amides is 1. The van der Waals surface area contributed by atoms with Gasteiger partial charge in [-0.2, -0.15) is 0 Å². The molecule has 1 aliphatic heterocycles. The van der Waals surface area contributed by atoms with Gasteiger partial charge in [0.15, 0.2) is 0 Å². The van der Waals surface area contributed by atoms with Crippen LogP contribution in [0.5, 0.6) is 11.5 Å². The lowest BCUT2D eigenvalue weighted by Crippen LogP contribution is -2.41. The quantitative estimate of drug-likeness (QED) is 0.722. The topological polar surface area (TPSA) is 120 Å². The van der Waals surface area contributed by atoms with Gasteiger partial charge in [0.05, 0.1) is 13.2 Å². The number of hydrogen-bond acceptors (Lipinski definition) is 8. The van der Waals surface area contributed by atoms with Crippen LogP contribution in [-0.4, -0.2) is 37.2 Å². The Hall–Kier alpha value is -2.24. The third kappa shape index (κ3) is 4.37. The van der Waals surface area contributed by atoms with Gasteiger partial charge in [-0.3, -0.25) is 4.79 Å². The highest BCUT2D eigenvalue weighted by Gasteiger charge is 2.37. The van der Waals surface area contributed by atoms with Crippen molar-refractivity contribution in [3.8, 4) is 11.5 Å². The predicted octanol–water partition coefficient (Wildman–Crippen LogP) is 2.09. The van der Waals surface area contributed by atoms with Gasteiger partial charge < -0.3 is 14.8 Å². The maximum Gasteiger partial charge on any atom is 0.270 e. The first-order valence-corrected chi connectivity index (χ1v) is 10.4. The lowest BCUT2D eigenvalue weighted by atomic mass is 9.90. The van der Waals surface area contributed by atoms with Crippen LogP contribution in [0.3, 0.4) is 0 Å². The van der Waals surface area contributed by atoms with E-state index in [2.05, 4.69) is 20.2 Å². The summed E-state index contributed by atoms with van der Waals surface area (Å²) in [5, 5.41) is 9.91. The summed E-state index contributed by atoms with van der Waals surface area (Å²) in [5.74, 6) is 0.837. The highest BCUT2D eigenvalue weighted by atomic mass is 32.2. The van der Waals surface area contributed by atoms with Crippen LogP contribution in [0, 0.1) is 0 Å². The fraction of sp³-hybridized carbons (Fsp3) is 0.438. The number of carbonyl (C=O) groups excluding carboxylic acids is 1. The molecule has 1 aliphatic rings. The van der Waals surface area contributed by atoms with E-state index in [0.29, 0.717) is 23.5 Å². The van der Waals surface area contributed by atoms with Crippen molar-refractivity contribution in [2.24, 2.45) is 0 Å². The van der Waals surface area contributed by atoms with E-state index in [9.17, 15) is 13.2 Å². The Morgan fingerprint density at radius 2 is 2.11 bits per heavy atom. The highest BCUT2D eigenvalue weighted by Crippen LogP contribution is 2.41. The molecule has 2 heterocycles. The van der Waals surface area contributed by atoms with Crippen molar-refractivity contribution >= 4 is 32.4 Å². The second-order valence-corrected chi connectivity index (χ2v) is 9.56. The SMILES string of the molecule is COc1ccc2c(c1)OC(C)(C)C[C@H]2NS(=O)(=O)c1nnc(NC(C)=O)s1. The average Bonchev–Trinajstić information content (AvgIpc) is 3.01. The Bertz CT molecular complexity index is 971. The van der Waals surface area contributed by atoms with Crippen molar-refractivity contribution in [3.05, 3.63) is 23.8 Å². The van der Waals surface area contributed by atoms with Gasteiger partial charge in [-0.15, -0.1) is 10.2 Å². The number of nitrogens with zero attached hydrogens (tertiary/aromatic N) is 2. The lowest BCUT2D eigenvalue weighted by molar-refractivity contribution is -0.114. The third-order valence-electron chi connectivity index (χ3n) is 3.89. The van der Waals surface area contributed by atoms with Gasteiger partial charge in [-0.05, 0) is 19.9 Å². The van der Waals surface area contributed by atoms with Crippen LogP contribution in [-0.2, 0) is 14.8 Å². The van der Waals surface area contributed by atoms with Gasteiger partial charge in [-0.25, -0.2) is 13.1 Å². The molecule has 2 aromatic rings. The monoisotopic (exact) mass is 412 g/mol. The molecule has 0 aliphatic carbocycles. The fourth-order valence-electron chi connectivity index (χ4n) is 2.82. The van der Waals surface area contributed by atoms with Crippen LogP contribution in [0.15, 0.2) is 22.5 Å². The Kier molecular flexibility index (Phi) is 5.10. The second-order valence-electron chi connectivity index (χ2n) is 6.70. The second kappa shape index (κ2) is 7.06. The molecule has 1 amide bonds. The Morgan fingerprint density at radius 1 is 1.37 bits per heavy atom. The zero-order valence-electron chi connectivity index (χ0n) is 15.3. The molecule has 9 nitrogen and oxygen atoms in total. The maximum atomic E-state index is 12.8. The summed E-state index contributed by atoms with van der Waals surface area (Å²) in [6, 6.07) is 4.76. The van der Waals surface area contributed by atoms with Gasteiger partial charge in [0.2, 0.25) is 15.4 Å². The van der Waals surface area contributed by atoms with Crippen molar-refractivity contribution in [1.82, 2.24) is 14.9 Å². The third-order valence-corrected chi connectivity index (χ3v) is 6.57. The molecule has 0 fully saturated rings. The minimum Gasteiger partial charge on any atom is -0.497 e. The van der Waals surface area contributed by atoms with E-state index in [-0.39, 0.29) is 15.4 Å². The van der Waals surface area contributed by atoms with Gasteiger partial charge in [0.1, 0.15) is 17.1 Å². The molecule has 2 N–H and O–H groups in total. The van der Waals surface area contributed by atoms with E-state index in [1.165, 1.54) is 6.92 Å². The Balaban J connectivity index is 1.90. The molecule has 0 saturated heterocycles. The average molecular weight is 412 g/mol. The van der Waals surface area contributed by atoms with E-state index in [1.54, 1.807) is 25.3 Å². The van der Waals surface area contributed by atoms with Gasteiger partial charge in [-0.1, -0.05) is 17.4 Å². The van der Waals surface area contributed by atoms with Crippen LogP contribution in [0.1, 0.15) is 38.8 Å². The molecule has 1 aromatic heterocycles. The minimum atomic E-state index is -3.93. The number of carbonyl (C=O) groups is 1. The number of benzene rings is 1. The molecule has 146 valence electrons. The van der Waals surface area contributed by atoms with Crippen LogP contribution in [0.4, 0.5) is 5.13 Å². The molecule has 0 unspecified atom stereocenters. The van der Waals surface area contributed by atoms with Crippen molar-refractivity contribution in [2.75, 3.05) is 12.4 Å². The normalized spacial score (nSPS) is 18.3.